The molecule has 0 aromatic heterocycles. The molecule has 1 saturated heterocycles. The van der Waals surface area contributed by atoms with Crippen molar-refractivity contribution >= 4 is 46.8 Å². The van der Waals surface area contributed by atoms with Crippen LogP contribution in [0.25, 0.3) is 6.08 Å². The Morgan fingerprint density at radius 1 is 1.20 bits per heavy atom. The second-order valence-electron chi connectivity index (χ2n) is 5.17. The van der Waals surface area contributed by atoms with Crippen molar-refractivity contribution in [1.82, 2.24) is 5.43 Å². The highest BCUT2D eigenvalue weighted by Crippen LogP contribution is 2.36. The summed E-state index contributed by atoms with van der Waals surface area (Å²) < 4.78 is 5.01. The molecule has 0 spiro atoms. The summed E-state index contributed by atoms with van der Waals surface area (Å²) >= 11 is 11.8. The number of phenolic OH excluding ortho intramolecular Hbond substituents is 1. The Bertz CT molecular complexity index is 912. The van der Waals surface area contributed by atoms with Gasteiger partial charge in [-0.25, -0.2) is 5.01 Å². The molecule has 1 aliphatic heterocycles. The summed E-state index contributed by atoms with van der Waals surface area (Å²) in [5, 5.41) is 11.4. The van der Waals surface area contributed by atoms with Gasteiger partial charge in [0.05, 0.1) is 17.8 Å². The van der Waals surface area contributed by atoms with Crippen LogP contribution in [0.4, 0.5) is 5.69 Å². The van der Waals surface area contributed by atoms with E-state index in [4.69, 9.17) is 27.9 Å². The molecule has 8 heteroatoms. The zero-order valence-corrected chi connectivity index (χ0v) is 14.4. The molecule has 2 aromatic rings. The molecule has 1 aliphatic rings. The number of nitrogens with one attached hydrogen (secondary N) is 1. The van der Waals surface area contributed by atoms with Crippen LogP contribution in [-0.4, -0.2) is 24.0 Å². The summed E-state index contributed by atoms with van der Waals surface area (Å²) in [6.07, 6.45) is 1.37. The molecule has 25 heavy (non-hydrogen) atoms. The Balaban J connectivity index is 1.98. The maximum atomic E-state index is 12.6. The first kappa shape index (κ1) is 17.1. The molecule has 128 valence electrons. The van der Waals surface area contributed by atoms with Gasteiger partial charge < -0.3 is 9.84 Å². The molecular weight excluding hydrogens is 367 g/mol. The Labute approximate surface area is 153 Å². The number of carbonyl (C=O) groups excluding carboxylic acids is 2. The molecular formula is C17H12Cl2N2O4. The molecule has 0 unspecified atom stereocenters. The first-order chi connectivity index (χ1) is 11.9. The van der Waals surface area contributed by atoms with E-state index < -0.39 is 11.8 Å². The van der Waals surface area contributed by atoms with E-state index in [-0.39, 0.29) is 22.1 Å². The number of phenols is 1. The second-order valence-corrected chi connectivity index (χ2v) is 6.02. The summed E-state index contributed by atoms with van der Waals surface area (Å²) in [6, 6.07) is 9.43. The first-order valence-corrected chi connectivity index (χ1v) is 7.85. The van der Waals surface area contributed by atoms with Crippen LogP contribution >= 0.6 is 23.2 Å². The fraction of sp³-hybridized carbons (Fsp3) is 0.0588. The van der Waals surface area contributed by atoms with Crippen molar-refractivity contribution in [2.24, 2.45) is 0 Å². The van der Waals surface area contributed by atoms with E-state index in [0.717, 1.165) is 5.01 Å². The van der Waals surface area contributed by atoms with Gasteiger partial charge in [0.1, 0.15) is 5.57 Å². The summed E-state index contributed by atoms with van der Waals surface area (Å²) in [5.41, 5.74) is 3.27. The smallest absolute Gasteiger partial charge is 0.282 e. The quantitative estimate of drug-likeness (QED) is 0.634. The van der Waals surface area contributed by atoms with Gasteiger partial charge in [-0.3, -0.25) is 15.0 Å². The Kier molecular flexibility index (Phi) is 4.57. The van der Waals surface area contributed by atoms with E-state index in [1.165, 1.54) is 25.3 Å². The topological polar surface area (TPSA) is 78.9 Å². The molecule has 0 aliphatic carbocycles. The number of ether oxygens (including phenoxy) is 1. The number of anilines is 1. The van der Waals surface area contributed by atoms with Gasteiger partial charge in [0, 0.05) is 5.02 Å². The van der Waals surface area contributed by atoms with E-state index in [0.29, 0.717) is 16.3 Å². The zero-order valence-electron chi connectivity index (χ0n) is 12.9. The van der Waals surface area contributed by atoms with Crippen molar-refractivity contribution in [2.45, 2.75) is 0 Å². The average molecular weight is 379 g/mol. The minimum absolute atomic E-state index is 0.0451. The lowest BCUT2D eigenvalue weighted by molar-refractivity contribution is -0.117. The monoisotopic (exact) mass is 378 g/mol. The molecule has 6 nitrogen and oxygen atoms in total. The number of amides is 2. The van der Waals surface area contributed by atoms with Crippen molar-refractivity contribution in [3.63, 3.8) is 0 Å². The number of halogens is 2. The number of aromatic hydroxyl groups is 1. The number of hydrazine groups is 1. The van der Waals surface area contributed by atoms with Crippen molar-refractivity contribution in [1.29, 1.82) is 0 Å². The summed E-state index contributed by atoms with van der Waals surface area (Å²) in [4.78, 5) is 24.7. The van der Waals surface area contributed by atoms with Gasteiger partial charge in [-0.05, 0) is 42.0 Å². The van der Waals surface area contributed by atoms with Crippen molar-refractivity contribution in [3.05, 3.63) is 57.6 Å². The third-order valence-electron chi connectivity index (χ3n) is 3.54. The number of benzene rings is 2. The van der Waals surface area contributed by atoms with Gasteiger partial charge in [0.25, 0.3) is 11.8 Å². The largest absolute Gasteiger partial charge is 0.503 e. The molecule has 2 aromatic carbocycles. The molecule has 0 bridgehead atoms. The minimum atomic E-state index is -0.562. The Hall–Kier alpha value is -2.70. The average Bonchev–Trinajstić information content (AvgIpc) is 2.86. The highest BCUT2D eigenvalue weighted by Gasteiger charge is 2.34. The Morgan fingerprint density at radius 2 is 1.96 bits per heavy atom. The van der Waals surface area contributed by atoms with E-state index in [9.17, 15) is 14.7 Å². The fourth-order valence-electron chi connectivity index (χ4n) is 2.35. The van der Waals surface area contributed by atoms with Crippen molar-refractivity contribution in [3.8, 4) is 11.5 Å². The van der Waals surface area contributed by atoms with Crippen LogP contribution < -0.4 is 15.2 Å². The molecule has 3 rings (SSSR count). The van der Waals surface area contributed by atoms with Crippen LogP contribution in [0.5, 0.6) is 11.5 Å². The zero-order chi connectivity index (χ0) is 18.1. The van der Waals surface area contributed by atoms with Gasteiger partial charge in [-0.15, -0.1) is 0 Å². The minimum Gasteiger partial charge on any atom is -0.503 e. The van der Waals surface area contributed by atoms with E-state index in [1.807, 2.05) is 0 Å². The molecule has 0 atom stereocenters. The summed E-state index contributed by atoms with van der Waals surface area (Å²) in [6.45, 7) is 0. The lowest BCUT2D eigenvalue weighted by atomic mass is 10.1. The van der Waals surface area contributed by atoms with E-state index >= 15 is 0 Å². The van der Waals surface area contributed by atoms with E-state index in [2.05, 4.69) is 5.43 Å². The van der Waals surface area contributed by atoms with Crippen LogP contribution in [0.15, 0.2) is 42.0 Å². The number of methoxy groups -OCH3 is 1. The van der Waals surface area contributed by atoms with Crippen LogP contribution in [-0.2, 0) is 9.59 Å². The molecule has 1 heterocycles. The van der Waals surface area contributed by atoms with Gasteiger partial charge in [-0.1, -0.05) is 29.3 Å². The van der Waals surface area contributed by atoms with Gasteiger partial charge in [0.15, 0.2) is 11.5 Å². The number of rotatable bonds is 3. The first-order valence-electron chi connectivity index (χ1n) is 7.10. The van der Waals surface area contributed by atoms with Crippen LogP contribution in [0.2, 0.25) is 10.0 Å². The number of hydrogen-bond donors (Lipinski definition) is 2. The lowest BCUT2D eigenvalue weighted by Crippen LogP contribution is -2.35. The predicted molar refractivity (Wildman–Crippen MR) is 94.7 cm³/mol. The SMILES string of the molecule is COc1cc(/C=C2\C(=O)NN(c3cccc(Cl)c3)C2=O)cc(Cl)c1O. The van der Waals surface area contributed by atoms with Crippen molar-refractivity contribution in [2.75, 3.05) is 12.1 Å². The third kappa shape index (κ3) is 3.26. The van der Waals surface area contributed by atoms with Crippen LogP contribution in [0.1, 0.15) is 5.56 Å². The predicted octanol–water partition coefficient (Wildman–Crippen LogP) is 3.17. The maximum absolute atomic E-state index is 12.6. The van der Waals surface area contributed by atoms with Gasteiger partial charge in [0.2, 0.25) is 0 Å². The van der Waals surface area contributed by atoms with Crippen LogP contribution in [0.3, 0.4) is 0 Å². The van der Waals surface area contributed by atoms with Gasteiger partial charge >= 0.3 is 0 Å². The second kappa shape index (κ2) is 6.66. The standard InChI is InChI=1S/C17H12Cl2N2O4/c1-25-14-7-9(6-13(19)15(14)22)5-12-16(23)20-21(17(12)24)11-4-2-3-10(18)8-11/h2-8,22H,1H3,(H,20,23)/b12-5+. The summed E-state index contributed by atoms with van der Waals surface area (Å²) in [7, 11) is 1.37. The molecule has 0 saturated carbocycles. The molecule has 0 radical (unpaired) electrons. The lowest BCUT2D eigenvalue weighted by Gasteiger charge is -2.14. The number of hydrogen-bond acceptors (Lipinski definition) is 4. The van der Waals surface area contributed by atoms with Crippen LogP contribution in [0, 0.1) is 0 Å². The number of nitrogens with zero attached hydrogens (tertiary/aromatic N) is 1. The highest BCUT2D eigenvalue weighted by molar-refractivity contribution is 6.34. The molecule has 2 N–H and O–H groups in total. The van der Waals surface area contributed by atoms with E-state index in [1.54, 1.807) is 24.3 Å². The maximum Gasteiger partial charge on any atom is 0.282 e. The van der Waals surface area contributed by atoms with Crippen molar-refractivity contribution < 1.29 is 19.4 Å². The fourth-order valence-corrected chi connectivity index (χ4v) is 2.76. The highest BCUT2D eigenvalue weighted by atomic mass is 35.5. The number of carbonyl (C=O) groups is 2. The normalized spacial score (nSPS) is 15.6. The molecule has 1 fully saturated rings. The molecule has 2 amide bonds. The van der Waals surface area contributed by atoms with Gasteiger partial charge in [-0.2, -0.15) is 0 Å². The third-order valence-corrected chi connectivity index (χ3v) is 4.06. The Morgan fingerprint density at radius 3 is 2.64 bits per heavy atom. The summed E-state index contributed by atoms with van der Waals surface area (Å²) in [5.74, 6) is -1.17.